The van der Waals surface area contributed by atoms with E-state index < -0.39 is 5.97 Å². The smallest absolute Gasteiger partial charge is 0.337 e. The number of fused-ring (bicyclic) bond motifs is 1. The van der Waals surface area contributed by atoms with E-state index in [0.717, 1.165) is 11.3 Å². The van der Waals surface area contributed by atoms with Gasteiger partial charge in [-0.3, -0.25) is 4.79 Å². The van der Waals surface area contributed by atoms with Gasteiger partial charge >= 0.3 is 5.97 Å². The van der Waals surface area contributed by atoms with Crippen LogP contribution >= 0.6 is 11.8 Å². The highest BCUT2D eigenvalue weighted by molar-refractivity contribution is 7.99. The molecule has 0 unspecified atom stereocenters. The van der Waals surface area contributed by atoms with Crippen molar-refractivity contribution in [3.8, 4) is 0 Å². The number of hydrogen-bond acceptors (Lipinski definition) is 5. The summed E-state index contributed by atoms with van der Waals surface area (Å²) in [5.74, 6) is -0.144. The molecule has 0 fully saturated rings. The van der Waals surface area contributed by atoms with Crippen LogP contribution in [0.1, 0.15) is 22.8 Å². The SMILES string of the molecule is CCSc1cc(=O)c2cccc(CCNc3ccccc3C(=O)O)c2o1. The molecule has 0 atom stereocenters. The van der Waals surface area contributed by atoms with Crippen LogP contribution in [0.5, 0.6) is 0 Å². The Morgan fingerprint density at radius 2 is 2.00 bits per heavy atom. The number of benzene rings is 2. The lowest BCUT2D eigenvalue weighted by Gasteiger charge is -2.11. The zero-order chi connectivity index (χ0) is 18.5. The normalized spacial score (nSPS) is 10.8. The molecule has 3 aromatic rings. The van der Waals surface area contributed by atoms with Crippen LogP contribution in [0.3, 0.4) is 0 Å². The largest absolute Gasteiger partial charge is 0.478 e. The first-order valence-electron chi connectivity index (χ1n) is 8.35. The Kier molecular flexibility index (Phi) is 5.63. The Bertz CT molecular complexity index is 997. The van der Waals surface area contributed by atoms with Gasteiger partial charge in [0.05, 0.1) is 10.9 Å². The van der Waals surface area contributed by atoms with Gasteiger partial charge in [-0.05, 0) is 35.9 Å². The summed E-state index contributed by atoms with van der Waals surface area (Å²) in [6.45, 7) is 2.53. The Balaban J connectivity index is 1.83. The van der Waals surface area contributed by atoms with Gasteiger partial charge in [0, 0.05) is 18.3 Å². The van der Waals surface area contributed by atoms with E-state index in [-0.39, 0.29) is 11.0 Å². The Morgan fingerprint density at radius 3 is 2.77 bits per heavy atom. The second-order valence-electron chi connectivity index (χ2n) is 5.68. The molecule has 1 aromatic heterocycles. The molecule has 26 heavy (non-hydrogen) atoms. The number of rotatable bonds is 7. The molecule has 6 heteroatoms. The maximum atomic E-state index is 12.3. The lowest BCUT2D eigenvalue weighted by atomic mass is 10.1. The quantitative estimate of drug-likeness (QED) is 0.606. The van der Waals surface area contributed by atoms with Gasteiger partial charge in [0.1, 0.15) is 5.58 Å². The summed E-state index contributed by atoms with van der Waals surface area (Å²) in [6, 6.07) is 13.8. The third kappa shape index (κ3) is 3.91. The van der Waals surface area contributed by atoms with E-state index in [1.54, 1.807) is 30.3 Å². The molecule has 0 aliphatic heterocycles. The molecule has 3 rings (SSSR count). The van der Waals surface area contributed by atoms with E-state index in [1.807, 2.05) is 19.1 Å². The van der Waals surface area contributed by atoms with Gasteiger partial charge in [0.2, 0.25) is 0 Å². The van der Waals surface area contributed by atoms with Crippen LogP contribution in [0.2, 0.25) is 0 Å². The zero-order valence-electron chi connectivity index (χ0n) is 14.3. The van der Waals surface area contributed by atoms with Crippen molar-refractivity contribution >= 4 is 34.4 Å². The van der Waals surface area contributed by atoms with Crippen LogP contribution in [-0.4, -0.2) is 23.4 Å². The standard InChI is InChI=1S/C20H19NO4S/c1-2-26-18-12-17(22)15-8-5-6-13(19(15)25-18)10-11-21-16-9-4-3-7-14(16)20(23)24/h3-9,12,21H,2,10-11H2,1H3,(H,23,24). The van der Waals surface area contributed by atoms with Crippen molar-refractivity contribution in [1.29, 1.82) is 0 Å². The van der Waals surface area contributed by atoms with Crippen molar-refractivity contribution in [2.75, 3.05) is 17.6 Å². The van der Waals surface area contributed by atoms with Crippen LogP contribution < -0.4 is 10.7 Å². The van der Waals surface area contributed by atoms with Gasteiger partial charge in [0.15, 0.2) is 10.5 Å². The molecule has 0 aliphatic rings. The predicted molar refractivity (Wildman–Crippen MR) is 104 cm³/mol. The lowest BCUT2D eigenvalue weighted by molar-refractivity contribution is 0.0698. The van der Waals surface area contributed by atoms with Crippen molar-refractivity contribution in [2.45, 2.75) is 18.4 Å². The van der Waals surface area contributed by atoms with E-state index in [4.69, 9.17) is 4.42 Å². The highest BCUT2D eigenvalue weighted by Crippen LogP contribution is 2.24. The van der Waals surface area contributed by atoms with E-state index in [1.165, 1.54) is 17.8 Å². The fourth-order valence-electron chi connectivity index (χ4n) is 2.78. The number of para-hydroxylation sites is 2. The second-order valence-corrected chi connectivity index (χ2v) is 6.95. The number of anilines is 1. The minimum Gasteiger partial charge on any atom is -0.478 e. The molecule has 2 N–H and O–H groups in total. The molecule has 0 amide bonds. The summed E-state index contributed by atoms with van der Waals surface area (Å²) in [5.41, 5.74) is 2.28. The first-order chi connectivity index (χ1) is 12.6. The molecule has 0 saturated carbocycles. The maximum absolute atomic E-state index is 12.3. The van der Waals surface area contributed by atoms with Gasteiger partial charge in [-0.25, -0.2) is 4.79 Å². The number of carboxylic acid groups (broad SMARTS) is 1. The predicted octanol–water partition coefficient (Wildman–Crippen LogP) is 4.26. The number of nitrogens with one attached hydrogen (secondary N) is 1. The Labute approximate surface area is 155 Å². The van der Waals surface area contributed by atoms with Crippen molar-refractivity contribution in [3.63, 3.8) is 0 Å². The van der Waals surface area contributed by atoms with Crippen LogP contribution in [0.15, 0.2) is 62.8 Å². The summed E-state index contributed by atoms with van der Waals surface area (Å²) in [7, 11) is 0. The zero-order valence-corrected chi connectivity index (χ0v) is 15.1. The fraction of sp³-hybridized carbons (Fsp3) is 0.200. The minimum atomic E-state index is -0.967. The number of carboxylic acids is 1. The third-order valence-electron chi connectivity index (χ3n) is 3.97. The summed E-state index contributed by atoms with van der Waals surface area (Å²) in [5, 5.41) is 13.6. The summed E-state index contributed by atoms with van der Waals surface area (Å²) < 4.78 is 5.92. The topological polar surface area (TPSA) is 79.5 Å². The van der Waals surface area contributed by atoms with Crippen molar-refractivity contribution in [3.05, 3.63) is 69.9 Å². The van der Waals surface area contributed by atoms with Gasteiger partial charge in [-0.1, -0.05) is 43.0 Å². The minimum absolute atomic E-state index is 0.0479. The molecule has 0 spiro atoms. The van der Waals surface area contributed by atoms with E-state index in [9.17, 15) is 14.7 Å². The first-order valence-corrected chi connectivity index (χ1v) is 9.33. The monoisotopic (exact) mass is 369 g/mol. The van der Waals surface area contributed by atoms with Crippen molar-refractivity contribution < 1.29 is 14.3 Å². The average Bonchev–Trinajstić information content (AvgIpc) is 2.63. The molecular formula is C20H19NO4S. The highest BCUT2D eigenvalue weighted by Gasteiger charge is 2.11. The lowest BCUT2D eigenvalue weighted by Crippen LogP contribution is -2.10. The number of carbonyl (C=O) groups is 1. The van der Waals surface area contributed by atoms with E-state index in [2.05, 4.69) is 5.32 Å². The van der Waals surface area contributed by atoms with Gasteiger partial charge in [-0.15, -0.1) is 0 Å². The summed E-state index contributed by atoms with van der Waals surface area (Å²) >= 11 is 1.49. The highest BCUT2D eigenvalue weighted by atomic mass is 32.2. The van der Waals surface area contributed by atoms with E-state index in [0.29, 0.717) is 34.7 Å². The first kappa shape index (κ1) is 18.1. The molecule has 0 bridgehead atoms. The molecule has 0 radical (unpaired) electrons. The number of hydrogen-bond donors (Lipinski definition) is 2. The molecule has 134 valence electrons. The summed E-state index contributed by atoms with van der Waals surface area (Å²) in [6.07, 6.45) is 0.606. The van der Waals surface area contributed by atoms with Gasteiger partial charge in [0.25, 0.3) is 0 Å². The van der Waals surface area contributed by atoms with E-state index >= 15 is 0 Å². The molecule has 1 heterocycles. The fourth-order valence-corrected chi connectivity index (χ4v) is 3.40. The number of aromatic carboxylic acids is 1. The Morgan fingerprint density at radius 1 is 1.19 bits per heavy atom. The van der Waals surface area contributed by atoms with Crippen LogP contribution in [0, 0.1) is 0 Å². The molecule has 2 aromatic carbocycles. The molecule has 0 aliphatic carbocycles. The van der Waals surface area contributed by atoms with Crippen molar-refractivity contribution in [2.24, 2.45) is 0 Å². The van der Waals surface area contributed by atoms with Crippen LogP contribution in [-0.2, 0) is 6.42 Å². The van der Waals surface area contributed by atoms with Gasteiger partial charge in [-0.2, -0.15) is 0 Å². The summed E-state index contributed by atoms with van der Waals surface area (Å²) in [4.78, 5) is 23.6. The van der Waals surface area contributed by atoms with Crippen molar-refractivity contribution in [1.82, 2.24) is 0 Å². The average molecular weight is 369 g/mol. The van der Waals surface area contributed by atoms with Gasteiger partial charge < -0.3 is 14.8 Å². The molecule has 0 saturated heterocycles. The maximum Gasteiger partial charge on any atom is 0.337 e. The second kappa shape index (κ2) is 8.10. The Hall–Kier alpha value is -2.73. The third-order valence-corrected chi connectivity index (χ3v) is 4.74. The molecule has 5 nitrogen and oxygen atoms in total. The van der Waals surface area contributed by atoms with Crippen LogP contribution in [0.4, 0.5) is 5.69 Å². The number of thioether (sulfide) groups is 1. The molecular weight excluding hydrogens is 350 g/mol. The van der Waals surface area contributed by atoms with Crippen LogP contribution in [0.25, 0.3) is 11.0 Å².